The normalized spacial score (nSPS) is 26.5. The van der Waals surface area contributed by atoms with E-state index in [9.17, 15) is 4.79 Å². The van der Waals surface area contributed by atoms with Crippen molar-refractivity contribution in [1.82, 2.24) is 9.55 Å². The molecule has 1 saturated carbocycles. The van der Waals surface area contributed by atoms with Gasteiger partial charge in [-0.2, -0.15) is 0 Å². The lowest BCUT2D eigenvalue weighted by Gasteiger charge is -2.27. The van der Waals surface area contributed by atoms with Crippen molar-refractivity contribution in [2.75, 3.05) is 0 Å². The molecule has 0 bridgehead atoms. The monoisotopic (exact) mass is 228 g/mol. The predicted molar refractivity (Wildman–Crippen MR) is 55.9 cm³/mol. The Labute approximate surface area is 92.9 Å². The first-order chi connectivity index (χ1) is 7.18. The Hall–Kier alpha value is -1.03. The summed E-state index contributed by atoms with van der Waals surface area (Å²) in [5.41, 5.74) is 0. The Morgan fingerprint density at radius 1 is 1.60 bits per heavy atom. The Bertz CT molecular complexity index is 364. The van der Waals surface area contributed by atoms with Gasteiger partial charge in [0.2, 0.25) is 5.28 Å². The second-order valence-electron chi connectivity index (χ2n) is 3.96. The molecule has 1 heterocycles. The molecule has 0 aromatic carbocycles. The zero-order valence-electron chi connectivity index (χ0n) is 8.27. The Balaban J connectivity index is 2.11. The molecule has 2 atom stereocenters. The van der Waals surface area contributed by atoms with Gasteiger partial charge in [0, 0.05) is 18.4 Å². The van der Waals surface area contributed by atoms with Crippen molar-refractivity contribution in [3.63, 3.8) is 0 Å². The molecule has 1 aliphatic rings. The molecule has 0 radical (unpaired) electrons. The minimum Gasteiger partial charge on any atom is -0.481 e. The van der Waals surface area contributed by atoms with Crippen molar-refractivity contribution in [2.24, 2.45) is 5.92 Å². The largest absolute Gasteiger partial charge is 0.481 e. The van der Waals surface area contributed by atoms with Crippen LogP contribution in [-0.4, -0.2) is 20.6 Å². The van der Waals surface area contributed by atoms with Gasteiger partial charge in [-0.15, -0.1) is 0 Å². The summed E-state index contributed by atoms with van der Waals surface area (Å²) in [7, 11) is 0. The third-order valence-electron chi connectivity index (χ3n) is 3.01. The molecule has 82 valence electrons. The van der Waals surface area contributed by atoms with Crippen molar-refractivity contribution in [1.29, 1.82) is 0 Å². The smallest absolute Gasteiger partial charge is 0.306 e. The van der Waals surface area contributed by atoms with E-state index in [0.29, 0.717) is 11.7 Å². The van der Waals surface area contributed by atoms with Crippen LogP contribution in [0.25, 0.3) is 0 Å². The fourth-order valence-electron chi connectivity index (χ4n) is 2.21. The minimum atomic E-state index is -0.698. The van der Waals surface area contributed by atoms with Crippen LogP contribution in [0.5, 0.6) is 0 Å². The van der Waals surface area contributed by atoms with Gasteiger partial charge in [0.05, 0.1) is 5.92 Å². The average molecular weight is 229 g/mol. The van der Waals surface area contributed by atoms with Crippen molar-refractivity contribution >= 4 is 17.6 Å². The maximum atomic E-state index is 10.9. The fraction of sp³-hybridized carbons (Fsp3) is 0.600. The molecule has 0 saturated heterocycles. The van der Waals surface area contributed by atoms with Crippen molar-refractivity contribution in [3.05, 3.63) is 17.7 Å². The molecule has 2 rings (SSSR count). The van der Waals surface area contributed by atoms with Gasteiger partial charge in [0.25, 0.3) is 0 Å². The fourth-order valence-corrected chi connectivity index (χ4v) is 2.46. The lowest BCUT2D eigenvalue weighted by molar-refractivity contribution is -0.143. The van der Waals surface area contributed by atoms with Crippen molar-refractivity contribution < 1.29 is 9.90 Å². The number of halogens is 1. The molecule has 5 heteroatoms. The molecule has 4 nitrogen and oxygen atoms in total. The van der Waals surface area contributed by atoms with Crippen LogP contribution in [0.2, 0.25) is 5.28 Å². The highest BCUT2D eigenvalue weighted by atomic mass is 35.5. The summed E-state index contributed by atoms with van der Waals surface area (Å²) in [5.74, 6) is -0.932. The number of hydrogen-bond acceptors (Lipinski definition) is 2. The molecule has 2 unspecified atom stereocenters. The van der Waals surface area contributed by atoms with Gasteiger partial charge in [-0.25, -0.2) is 4.98 Å². The zero-order valence-corrected chi connectivity index (χ0v) is 9.02. The van der Waals surface area contributed by atoms with E-state index in [0.717, 1.165) is 19.3 Å². The molecule has 15 heavy (non-hydrogen) atoms. The van der Waals surface area contributed by atoms with Gasteiger partial charge < -0.3 is 9.67 Å². The number of aromatic nitrogens is 2. The zero-order chi connectivity index (χ0) is 10.8. The van der Waals surface area contributed by atoms with Crippen LogP contribution >= 0.6 is 11.6 Å². The number of carbonyl (C=O) groups is 1. The molecule has 1 fully saturated rings. The molecule has 1 aromatic heterocycles. The van der Waals surface area contributed by atoms with E-state index in [-0.39, 0.29) is 12.0 Å². The number of aliphatic carboxylic acids is 1. The Morgan fingerprint density at radius 2 is 2.40 bits per heavy atom. The van der Waals surface area contributed by atoms with E-state index in [1.807, 2.05) is 10.8 Å². The highest BCUT2D eigenvalue weighted by Gasteiger charge is 2.28. The molecule has 1 aromatic rings. The quantitative estimate of drug-likeness (QED) is 0.846. The number of rotatable bonds is 2. The summed E-state index contributed by atoms with van der Waals surface area (Å²) in [6, 6.07) is 0.190. The number of imidazole rings is 1. The Morgan fingerprint density at radius 3 is 3.00 bits per heavy atom. The van der Waals surface area contributed by atoms with Crippen LogP contribution in [0.3, 0.4) is 0 Å². The van der Waals surface area contributed by atoms with Gasteiger partial charge in [0.15, 0.2) is 0 Å². The van der Waals surface area contributed by atoms with E-state index in [2.05, 4.69) is 4.98 Å². The van der Waals surface area contributed by atoms with Crippen LogP contribution in [-0.2, 0) is 4.79 Å². The van der Waals surface area contributed by atoms with Crippen LogP contribution in [0.15, 0.2) is 12.4 Å². The van der Waals surface area contributed by atoms with Crippen LogP contribution < -0.4 is 0 Å². The van der Waals surface area contributed by atoms with E-state index in [4.69, 9.17) is 16.7 Å². The van der Waals surface area contributed by atoms with Gasteiger partial charge in [-0.3, -0.25) is 4.79 Å². The third-order valence-corrected chi connectivity index (χ3v) is 3.30. The molecular weight excluding hydrogens is 216 g/mol. The summed E-state index contributed by atoms with van der Waals surface area (Å²) >= 11 is 5.90. The second kappa shape index (κ2) is 4.23. The van der Waals surface area contributed by atoms with Crippen LogP contribution in [0.1, 0.15) is 31.7 Å². The van der Waals surface area contributed by atoms with E-state index in [1.54, 1.807) is 6.20 Å². The summed E-state index contributed by atoms with van der Waals surface area (Å²) in [6.45, 7) is 0. The molecule has 1 N–H and O–H groups in total. The van der Waals surface area contributed by atoms with E-state index < -0.39 is 5.97 Å². The van der Waals surface area contributed by atoms with Gasteiger partial charge in [-0.1, -0.05) is 6.42 Å². The highest BCUT2D eigenvalue weighted by Crippen LogP contribution is 2.33. The first-order valence-electron chi connectivity index (χ1n) is 5.09. The number of nitrogens with zero attached hydrogens (tertiary/aromatic N) is 2. The number of carboxylic acid groups (broad SMARTS) is 1. The van der Waals surface area contributed by atoms with Crippen LogP contribution in [0, 0.1) is 5.92 Å². The molecule has 0 aliphatic heterocycles. The van der Waals surface area contributed by atoms with Gasteiger partial charge in [0.1, 0.15) is 0 Å². The lowest BCUT2D eigenvalue weighted by atomic mass is 9.86. The maximum Gasteiger partial charge on any atom is 0.306 e. The van der Waals surface area contributed by atoms with Gasteiger partial charge in [-0.05, 0) is 30.9 Å². The maximum absolute atomic E-state index is 10.9. The van der Waals surface area contributed by atoms with E-state index >= 15 is 0 Å². The summed E-state index contributed by atoms with van der Waals surface area (Å²) in [4.78, 5) is 14.8. The number of hydrogen-bond donors (Lipinski definition) is 1. The summed E-state index contributed by atoms with van der Waals surface area (Å²) < 4.78 is 1.87. The first-order valence-corrected chi connectivity index (χ1v) is 5.47. The molecule has 1 aliphatic carbocycles. The molecule has 0 amide bonds. The summed E-state index contributed by atoms with van der Waals surface area (Å²) in [5, 5.41) is 9.42. The molecular formula is C10H13ClN2O2. The SMILES string of the molecule is O=C(O)C1CCCC(n2ccnc2Cl)C1. The molecule has 0 spiro atoms. The average Bonchev–Trinajstić information content (AvgIpc) is 2.64. The van der Waals surface area contributed by atoms with E-state index in [1.165, 1.54) is 0 Å². The first kappa shape index (κ1) is 10.5. The predicted octanol–water partition coefficient (Wildman–Crippen LogP) is 2.35. The summed E-state index contributed by atoms with van der Waals surface area (Å²) in [6.07, 6.45) is 6.82. The topological polar surface area (TPSA) is 55.1 Å². The minimum absolute atomic E-state index is 0.190. The van der Waals surface area contributed by atoms with Crippen molar-refractivity contribution in [3.8, 4) is 0 Å². The Kier molecular flexibility index (Phi) is 2.95. The standard InChI is InChI=1S/C10H13ClN2O2/c11-10-12-4-5-13(10)8-3-1-2-7(6-8)9(14)15/h4-5,7-8H,1-3,6H2,(H,14,15). The third kappa shape index (κ3) is 2.15. The van der Waals surface area contributed by atoms with Crippen molar-refractivity contribution in [2.45, 2.75) is 31.7 Å². The van der Waals surface area contributed by atoms with Gasteiger partial charge >= 0.3 is 5.97 Å². The van der Waals surface area contributed by atoms with Crippen LogP contribution in [0.4, 0.5) is 0 Å². The highest BCUT2D eigenvalue weighted by molar-refractivity contribution is 6.28. The second-order valence-corrected chi connectivity index (χ2v) is 4.30. The lowest BCUT2D eigenvalue weighted by Crippen LogP contribution is -2.24. The number of carboxylic acids is 1.